The molecule has 618 valence electrons. The highest BCUT2D eigenvalue weighted by Gasteiger charge is 2.23. The first-order valence-corrected chi connectivity index (χ1v) is 46.1. The molecule has 0 saturated carbocycles. The van der Waals surface area contributed by atoms with Crippen LogP contribution in [0.25, 0.3) is 250 Å². The van der Waals surface area contributed by atoms with Gasteiger partial charge in [-0.05, 0) is 342 Å². The van der Waals surface area contributed by atoms with Gasteiger partial charge in [0.1, 0.15) is 0 Å². The molecule has 0 aliphatic rings. The van der Waals surface area contributed by atoms with Gasteiger partial charge in [-0.25, -0.2) is 0 Å². The first-order valence-electron chi connectivity index (χ1n) is 46.1. The van der Waals surface area contributed by atoms with E-state index >= 15 is 0 Å². The smallest absolute Gasteiger partial charge is 0.00202 e. The third-order valence-corrected chi connectivity index (χ3v) is 28.3. The number of benzene rings is 27. The molecular formula is C132H90. The summed E-state index contributed by atoms with van der Waals surface area (Å²) in [6, 6.07) is 173. The molecule has 0 heterocycles. The van der Waals surface area contributed by atoms with Gasteiger partial charge in [-0.2, -0.15) is 0 Å². The molecule has 0 radical (unpaired) electrons. The van der Waals surface area contributed by atoms with Crippen molar-refractivity contribution in [2.24, 2.45) is 0 Å². The van der Waals surface area contributed by atoms with Crippen LogP contribution in [0.15, 0.2) is 473 Å². The van der Waals surface area contributed by atoms with Crippen molar-refractivity contribution in [1.82, 2.24) is 0 Å². The van der Waals surface area contributed by atoms with Gasteiger partial charge in [-0.1, -0.05) is 431 Å². The number of hydrogen-bond donors (Lipinski definition) is 0. The fraction of sp³-hybridized carbons (Fsp3) is 0.0303. The van der Waals surface area contributed by atoms with Gasteiger partial charge in [0.15, 0.2) is 0 Å². The minimum atomic E-state index is 1.25. The first-order chi connectivity index (χ1) is 65.2. The van der Waals surface area contributed by atoms with Gasteiger partial charge in [0.2, 0.25) is 0 Å². The summed E-state index contributed by atoms with van der Waals surface area (Å²) in [5, 5.41) is 44.4. The van der Waals surface area contributed by atoms with Gasteiger partial charge >= 0.3 is 0 Å². The highest BCUT2D eigenvalue weighted by atomic mass is 14.3. The minimum Gasteiger partial charge on any atom is -0.0622 e. The zero-order valence-corrected chi connectivity index (χ0v) is 74.0. The standard InChI is InChI=1S/C39H26.C33H22.C31H22.C29H20/c1-25-28-15-7-9-18-33(28)39(34-19-10-8-16-29(25)34)35-21-11-20-31-32(35)22-23-36-37(31)24-27-14-5-6-17-30(27)38(36)26-12-3-2-4-13-26;1-21-25-12-4-8-16-29(25)33(30-17-9-5-13-26(21)30)32-20-24-18-22-10-2-3-11-23(22)19-31(24)27-14-6-7-15-28(27)32;1-21-27-11-5-7-13-29(27)31(30-14-8-6-12-28(21)30)26-18-17-24-19-23(15-16-25(24)20-26)22-9-3-2-4-10-22;1-19-23-9-4-6-12-26(23)29(27-13-7-5-10-24(19)27)22-17-16-21-15-14-20-8-2-3-11-25(20)28(21)18-22/h2-24H,1H3;2-20H,1H3;2-20H,1H3;2-18H,1H3. The molecule has 27 aromatic carbocycles. The SMILES string of the molecule is Cc1c2ccccc2c(-c2cc3cc4ccccc4cc3c3ccccc23)c2ccccc12.Cc1c2ccccc2c(-c2ccc3cc(-c4ccccc4)ccc3c2)c2ccccc12.Cc1c2ccccc2c(-c2ccc3ccc4ccccc4c3c2)c2ccccc12.Cc1c2ccccc2c(-c2cccc3c2ccc2c(-c4ccccc4)c4ccccc4cc23)c2ccccc12. The fourth-order valence-electron chi connectivity index (χ4n) is 22.0. The molecule has 27 rings (SSSR count). The summed E-state index contributed by atoms with van der Waals surface area (Å²) in [5.41, 5.74) is 20.9. The fourth-order valence-corrected chi connectivity index (χ4v) is 22.0. The van der Waals surface area contributed by atoms with Crippen molar-refractivity contribution in [3.8, 4) is 66.8 Å². The summed E-state index contributed by atoms with van der Waals surface area (Å²) < 4.78 is 0. The monoisotopic (exact) mass is 1670 g/mol. The van der Waals surface area contributed by atoms with Crippen LogP contribution in [-0.4, -0.2) is 0 Å². The van der Waals surface area contributed by atoms with Gasteiger partial charge in [-0.3, -0.25) is 0 Å². The van der Waals surface area contributed by atoms with Gasteiger partial charge in [0, 0.05) is 0 Å². The quantitative estimate of drug-likeness (QED) is 0.115. The van der Waals surface area contributed by atoms with Crippen LogP contribution in [0, 0.1) is 27.7 Å². The predicted molar refractivity (Wildman–Crippen MR) is 575 cm³/mol. The van der Waals surface area contributed by atoms with Crippen LogP contribution in [0.3, 0.4) is 0 Å². The molecule has 0 aromatic heterocycles. The van der Waals surface area contributed by atoms with Crippen LogP contribution < -0.4 is 0 Å². The maximum Gasteiger partial charge on any atom is -0.00202 e. The number of hydrogen-bond acceptors (Lipinski definition) is 0. The molecule has 0 saturated heterocycles. The number of aryl methyl sites for hydroxylation is 4. The lowest BCUT2D eigenvalue weighted by Crippen LogP contribution is -1.91. The van der Waals surface area contributed by atoms with Crippen molar-refractivity contribution in [3.63, 3.8) is 0 Å². The van der Waals surface area contributed by atoms with Crippen LogP contribution in [0.5, 0.6) is 0 Å². The van der Waals surface area contributed by atoms with Crippen LogP contribution in [-0.2, 0) is 0 Å². The Balaban J connectivity index is 0.0000000977. The summed E-state index contributed by atoms with van der Waals surface area (Å²) in [6.45, 7) is 8.97. The average molecular weight is 1680 g/mol. The van der Waals surface area contributed by atoms with E-state index < -0.39 is 0 Å². The van der Waals surface area contributed by atoms with Crippen LogP contribution in [0.1, 0.15) is 22.3 Å². The van der Waals surface area contributed by atoms with Crippen molar-refractivity contribution in [2.45, 2.75) is 27.7 Å². The Labute approximate surface area is 767 Å². The van der Waals surface area contributed by atoms with Gasteiger partial charge in [-0.15, -0.1) is 0 Å². The lowest BCUT2D eigenvalue weighted by Gasteiger charge is -2.18. The van der Waals surface area contributed by atoms with E-state index in [4.69, 9.17) is 0 Å². The van der Waals surface area contributed by atoms with Crippen molar-refractivity contribution in [1.29, 1.82) is 0 Å². The van der Waals surface area contributed by atoms with E-state index in [2.05, 4.69) is 501 Å². The molecule has 27 aromatic rings. The van der Waals surface area contributed by atoms with Gasteiger partial charge in [0.25, 0.3) is 0 Å². The van der Waals surface area contributed by atoms with E-state index in [1.54, 1.807) is 0 Å². The highest BCUT2D eigenvalue weighted by Crippen LogP contribution is 2.50. The van der Waals surface area contributed by atoms with Crippen LogP contribution in [0.4, 0.5) is 0 Å². The summed E-state index contributed by atoms with van der Waals surface area (Å²) in [6.07, 6.45) is 0. The largest absolute Gasteiger partial charge is 0.0622 e. The molecule has 0 spiro atoms. The second-order valence-corrected chi connectivity index (χ2v) is 35.5. The molecule has 0 N–H and O–H groups in total. The van der Waals surface area contributed by atoms with E-state index in [1.807, 2.05) is 0 Å². The zero-order valence-electron chi connectivity index (χ0n) is 74.0. The van der Waals surface area contributed by atoms with E-state index in [1.165, 1.54) is 272 Å². The first kappa shape index (κ1) is 78.8. The molecule has 132 heavy (non-hydrogen) atoms. The normalized spacial score (nSPS) is 11.6. The average Bonchev–Trinajstić information content (AvgIpc) is 0.739. The van der Waals surface area contributed by atoms with Crippen molar-refractivity contribution < 1.29 is 0 Å². The third kappa shape index (κ3) is 13.4. The van der Waals surface area contributed by atoms with Gasteiger partial charge in [0.05, 0.1) is 0 Å². The number of rotatable bonds is 6. The lowest BCUT2D eigenvalue weighted by atomic mass is 9.85. The Morgan fingerprint density at radius 3 is 0.856 bits per heavy atom. The molecule has 0 aliphatic heterocycles. The number of fused-ring (bicyclic) bond motifs is 20. The van der Waals surface area contributed by atoms with Crippen LogP contribution in [0.2, 0.25) is 0 Å². The summed E-state index contributed by atoms with van der Waals surface area (Å²) >= 11 is 0. The molecule has 0 atom stereocenters. The summed E-state index contributed by atoms with van der Waals surface area (Å²) in [7, 11) is 0. The van der Waals surface area contributed by atoms with Crippen molar-refractivity contribution in [3.05, 3.63) is 495 Å². The molecule has 0 unspecified atom stereocenters. The van der Waals surface area contributed by atoms with E-state index in [-0.39, 0.29) is 0 Å². The topological polar surface area (TPSA) is 0 Å². The lowest BCUT2D eigenvalue weighted by molar-refractivity contribution is 1.58. The van der Waals surface area contributed by atoms with E-state index in [0.717, 1.165) is 0 Å². The highest BCUT2D eigenvalue weighted by molar-refractivity contribution is 6.28. The van der Waals surface area contributed by atoms with E-state index in [9.17, 15) is 0 Å². The second kappa shape index (κ2) is 32.9. The van der Waals surface area contributed by atoms with Gasteiger partial charge < -0.3 is 0 Å². The predicted octanol–water partition coefficient (Wildman–Crippen LogP) is 37.6. The van der Waals surface area contributed by atoms with Crippen LogP contribution >= 0.6 is 0 Å². The second-order valence-electron chi connectivity index (χ2n) is 35.5. The summed E-state index contributed by atoms with van der Waals surface area (Å²) in [5.74, 6) is 0. The maximum absolute atomic E-state index is 2.41. The molecule has 0 fully saturated rings. The molecule has 0 bridgehead atoms. The van der Waals surface area contributed by atoms with Crippen molar-refractivity contribution >= 4 is 183 Å². The zero-order chi connectivity index (χ0) is 88.0. The molecule has 0 heteroatoms. The Morgan fingerprint density at radius 2 is 0.371 bits per heavy atom. The third-order valence-electron chi connectivity index (χ3n) is 28.3. The summed E-state index contributed by atoms with van der Waals surface area (Å²) in [4.78, 5) is 0. The molecule has 0 amide bonds. The Bertz CT molecular complexity index is 9150. The Morgan fingerprint density at radius 1 is 0.0985 bits per heavy atom. The molecule has 0 aliphatic carbocycles. The maximum atomic E-state index is 2.41. The Hall–Kier alpha value is -16.6. The Kier molecular flexibility index (Phi) is 19.6. The van der Waals surface area contributed by atoms with Crippen molar-refractivity contribution in [2.75, 3.05) is 0 Å². The van der Waals surface area contributed by atoms with E-state index in [0.29, 0.717) is 0 Å². The molecule has 0 nitrogen and oxygen atoms in total. The minimum absolute atomic E-state index is 1.25. The molecular weight excluding hydrogens is 1590 g/mol.